The second-order valence-electron chi connectivity index (χ2n) is 2.56. The van der Waals surface area contributed by atoms with Crippen LogP contribution >= 0.6 is 0 Å². The van der Waals surface area contributed by atoms with Crippen LogP contribution in [0, 0.1) is 5.95 Å². The van der Waals surface area contributed by atoms with Crippen molar-refractivity contribution in [2.24, 2.45) is 0 Å². The number of pyridine rings is 1. The highest BCUT2D eigenvalue weighted by Crippen LogP contribution is 2.32. The smallest absolute Gasteiger partial charge is 0.341 e. The van der Waals surface area contributed by atoms with Crippen LogP contribution in [0.25, 0.3) is 0 Å². The average molecular weight is 215 g/mol. The quantitative estimate of drug-likeness (QED) is 0.767. The number of hydrogen-bond acceptors (Lipinski definition) is 4. The molecule has 0 unspecified atom stereocenters. The molecule has 0 aliphatic rings. The molecule has 0 saturated carbocycles. The van der Waals surface area contributed by atoms with E-state index in [1.165, 1.54) is 7.11 Å². The van der Waals surface area contributed by atoms with E-state index in [4.69, 9.17) is 14.6 Å². The van der Waals surface area contributed by atoms with Gasteiger partial charge in [0.05, 0.1) is 13.7 Å². The van der Waals surface area contributed by atoms with E-state index in [9.17, 15) is 9.18 Å². The molecule has 0 aliphatic carbocycles. The monoisotopic (exact) mass is 215 g/mol. The first-order valence-corrected chi connectivity index (χ1v) is 4.20. The molecule has 1 aromatic heterocycles. The van der Waals surface area contributed by atoms with Crippen LogP contribution in [0.15, 0.2) is 6.20 Å². The maximum atomic E-state index is 13.1. The molecule has 1 N–H and O–H groups in total. The molecule has 0 atom stereocenters. The zero-order chi connectivity index (χ0) is 11.4. The van der Waals surface area contributed by atoms with E-state index in [0.717, 1.165) is 6.20 Å². The van der Waals surface area contributed by atoms with Gasteiger partial charge in [0.1, 0.15) is 5.56 Å². The third-order valence-electron chi connectivity index (χ3n) is 1.67. The third kappa shape index (κ3) is 2.15. The zero-order valence-corrected chi connectivity index (χ0v) is 8.28. The predicted molar refractivity (Wildman–Crippen MR) is 48.9 cm³/mol. The van der Waals surface area contributed by atoms with Crippen molar-refractivity contribution in [1.29, 1.82) is 0 Å². The summed E-state index contributed by atoms with van der Waals surface area (Å²) in [5.74, 6) is -2.58. The Hall–Kier alpha value is -1.85. The SMILES string of the molecule is CCOc1c(C(=O)O)cnc(F)c1OC. The molecule has 1 rings (SSSR count). The fourth-order valence-electron chi connectivity index (χ4n) is 1.07. The Labute approximate surface area is 85.5 Å². The van der Waals surface area contributed by atoms with Crippen LogP contribution < -0.4 is 9.47 Å². The van der Waals surface area contributed by atoms with Gasteiger partial charge in [-0.2, -0.15) is 4.39 Å². The maximum absolute atomic E-state index is 13.1. The van der Waals surface area contributed by atoms with Gasteiger partial charge in [0.15, 0.2) is 5.75 Å². The predicted octanol–water partition coefficient (Wildman–Crippen LogP) is 1.33. The van der Waals surface area contributed by atoms with Gasteiger partial charge in [-0.3, -0.25) is 0 Å². The standard InChI is InChI=1S/C9H10FNO4/c1-3-15-6-5(9(12)13)4-11-8(10)7(6)14-2/h4H,3H2,1-2H3,(H,12,13). The van der Waals surface area contributed by atoms with Crippen molar-refractivity contribution >= 4 is 5.97 Å². The number of nitrogens with zero attached hydrogens (tertiary/aromatic N) is 1. The summed E-state index contributed by atoms with van der Waals surface area (Å²) in [5, 5.41) is 8.81. The van der Waals surface area contributed by atoms with Crippen molar-refractivity contribution in [3.8, 4) is 11.5 Å². The van der Waals surface area contributed by atoms with Gasteiger partial charge in [-0.05, 0) is 6.92 Å². The van der Waals surface area contributed by atoms with E-state index in [-0.39, 0.29) is 23.7 Å². The molecule has 5 nitrogen and oxygen atoms in total. The second-order valence-corrected chi connectivity index (χ2v) is 2.56. The van der Waals surface area contributed by atoms with Crippen LogP contribution in [-0.2, 0) is 0 Å². The Morgan fingerprint density at radius 2 is 2.27 bits per heavy atom. The van der Waals surface area contributed by atoms with Gasteiger partial charge in [0.25, 0.3) is 5.95 Å². The van der Waals surface area contributed by atoms with E-state index in [1.807, 2.05) is 0 Å². The summed E-state index contributed by atoms with van der Waals surface area (Å²) in [5.41, 5.74) is -0.227. The van der Waals surface area contributed by atoms with Gasteiger partial charge in [-0.15, -0.1) is 0 Å². The molecule has 0 amide bonds. The lowest BCUT2D eigenvalue weighted by Crippen LogP contribution is -2.07. The van der Waals surface area contributed by atoms with Crippen molar-refractivity contribution in [3.63, 3.8) is 0 Å². The molecule has 0 radical (unpaired) electrons. The van der Waals surface area contributed by atoms with Gasteiger partial charge < -0.3 is 14.6 Å². The topological polar surface area (TPSA) is 68.7 Å². The van der Waals surface area contributed by atoms with Crippen molar-refractivity contribution < 1.29 is 23.8 Å². The molecule has 0 fully saturated rings. The molecule has 0 spiro atoms. The highest BCUT2D eigenvalue weighted by atomic mass is 19.1. The summed E-state index contributed by atoms with van der Waals surface area (Å²) in [4.78, 5) is 14.0. The second kappa shape index (κ2) is 4.59. The Morgan fingerprint density at radius 3 is 2.73 bits per heavy atom. The molecule has 1 heterocycles. The minimum absolute atomic E-state index is 0.139. The molecule has 0 aliphatic heterocycles. The van der Waals surface area contributed by atoms with E-state index in [0.29, 0.717) is 0 Å². The molecule has 82 valence electrons. The number of carbonyl (C=O) groups is 1. The molecular weight excluding hydrogens is 205 g/mol. The number of rotatable bonds is 4. The number of hydrogen-bond donors (Lipinski definition) is 1. The summed E-state index contributed by atoms with van der Waals surface area (Å²) < 4.78 is 22.8. The van der Waals surface area contributed by atoms with Crippen LogP contribution in [0.1, 0.15) is 17.3 Å². The Morgan fingerprint density at radius 1 is 1.60 bits per heavy atom. The van der Waals surface area contributed by atoms with Crippen LogP contribution in [-0.4, -0.2) is 29.8 Å². The number of halogens is 1. The first-order valence-electron chi connectivity index (χ1n) is 4.20. The largest absolute Gasteiger partial charge is 0.489 e. The molecule has 0 bridgehead atoms. The molecular formula is C9H10FNO4. The van der Waals surface area contributed by atoms with Crippen LogP contribution in [0.4, 0.5) is 4.39 Å². The molecule has 6 heteroatoms. The van der Waals surface area contributed by atoms with E-state index in [1.54, 1.807) is 6.92 Å². The number of methoxy groups -OCH3 is 1. The summed E-state index contributed by atoms with van der Waals surface area (Å²) in [6, 6.07) is 0. The number of ether oxygens (including phenoxy) is 2. The Bertz CT molecular complexity index is 381. The Kier molecular flexibility index (Phi) is 3.43. The summed E-state index contributed by atoms with van der Waals surface area (Å²) in [7, 11) is 1.22. The van der Waals surface area contributed by atoms with Crippen molar-refractivity contribution in [1.82, 2.24) is 4.98 Å². The van der Waals surface area contributed by atoms with E-state index in [2.05, 4.69) is 4.98 Å². The van der Waals surface area contributed by atoms with Gasteiger partial charge in [0, 0.05) is 6.20 Å². The van der Waals surface area contributed by atoms with Gasteiger partial charge >= 0.3 is 5.97 Å². The number of aromatic carboxylic acids is 1. The normalized spacial score (nSPS) is 9.80. The fraction of sp³-hybridized carbons (Fsp3) is 0.333. The van der Waals surface area contributed by atoms with Gasteiger partial charge in [-0.1, -0.05) is 0 Å². The summed E-state index contributed by atoms with van der Waals surface area (Å²) in [6.45, 7) is 1.86. The maximum Gasteiger partial charge on any atom is 0.341 e. The highest BCUT2D eigenvalue weighted by molar-refractivity contribution is 5.91. The molecule has 15 heavy (non-hydrogen) atoms. The Balaban J connectivity index is 3.34. The van der Waals surface area contributed by atoms with Crippen LogP contribution in [0.3, 0.4) is 0 Å². The summed E-state index contributed by atoms with van der Waals surface area (Å²) >= 11 is 0. The first-order chi connectivity index (χ1) is 7.11. The average Bonchev–Trinajstić information content (AvgIpc) is 2.18. The lowest BCUT2D eigenvalue weighted by Gasteiger charge is -2.11. The van der Waals surface area contributed by atoms with Gasteiger partial charge in [-0.25, -0.2) is 9.78 Å². The fourth-order valence-corrected chi connectivity index (χ4v) is 1.07. The lowest BCUT2D eigenvalue weighted by molar-refractivity contribution is 0.0691. The van der Waals surface area contributed by atoms with Gasteiger partial charge in [0.2, 0.25) is 5.75 Å². The first kappa shape index (κ1) is 11.2. The number of carboxylic acid groups (broad SMARTS) is 1. The minimum atomic E-state index is -1.25. The number of aromatic nitrogens is 1. The van der Waals surface area contributed by atoms with Crippen molar-refractivity contribution in [3.05, 3.63) is 17.7 Å². The minimum Gasteiger partial charge on any atom is -0.489 e. The van der Waals surface area contributed by atoms with E-state index >= 15 is 0 Å². The van der Waals surface area contributed by atoms with Crippen molar-refractivity contribution in [2.75, 3.05) is 13.7 Å². The zero-order valence-electron chi connectivity index (χ0n) is 8.28. The van der Waals surface area contributed by atoms with Crippen LogP contribution in [0.5, 0.6) is 11.5 Å². The van der Waals surface area contributed by atoms with Crippen LogP contribution in [0.2, 0.25) is 0 Å². The highest BCUT2D eigenvalue weighted by Gasteiger charge is 2.21. The molecule has 1 aromatic rings. The third-order valence-corrected chi connectivity index (χ3v) is 1.67. The summed E-state index contributed by atoms with van der Waals surface area (Å²) in [6.07, 6.45) is 0.894. The molecule has 0 saturated heterocycles. The number of carboxylic acids is 1. The van der Waals surface area contributed by atoms with Crippen molar-refractivity contribution in [2.45, 2.75) is 6.92 Å². The molecule has 0 aromatic carbocycles. The lowest BCUT2D eigenvalue weighted by atomic mass is 10.2. The van der Waals surface area contributed by atoms with E-state index < -0.39 is 11.9 Å².